The van der Waals surface area contributed by atoms with Crippen LogP contribution in [0.4, 0.5) is 0 Å². The van der Waals surface area contributed by atoms with Gasteiger partial charge in [0.1, 0.15) is 18.3 Å². The van der Waals surface area contributed by atoms with Crippen LogP contribution in [0.15, 0.2) is 24.5 Å². The topological polar surface area (TPSA) is 152 Å². The highest BCUT2D eigenvalue weighted by Gasteiger charge is 2.51. The van der Waals surface area contributed by atoms with Gasteiger partial charge in [-0.25, -0.2) is 4.79 Å². The molecule has 2 aliphatic heterocycles. The van der Waals surface area contributed by atoms with Crippen LogP contribution >= 0.6 is 0 Å². The summed E-state index contributed by atoms with van der Waals surface area (Å²) in [5.74, 6) is -2.48. The van der Waals surface area contributed by atoms with Crippen molar-refractivity contribution in [2.75, 3.05) is 6.98 Å². The molecule has 0 aliphatic carbocycles. The lowest BCUT2D eigenvalue weighted by Crippen LogP contribution is -2.63. The summed E-state index contributed by atoms with van der Waals surface area (Å²) < 4.78 is 29.1. The summed E-state index contributed by atoms with van der Waals surface area (Å²) in [6.07, 6.45) is -7.50. The van der Waals surface area contributed by atoms with Gasteiger partial charge in [-0.1, -0.05) is 0 Å². The first-order valence-electron chi connectivity index (χ1n) is 9.38. The predicted molar refractivity (Wildman–Crippen MR) is 82.3 cm³/mol. The second-order valence-corrected chi connectivity index (χ2v) is 6.32. The van der Waals surface area contributed by atoms with Crippen LogP contribution in [-0.2, 0) is 14.3 Å². The molecule has 10 nitrogen and oxygen atoms in total. The van der Waals surface area contributed by atoms with Gasteiger partial charge < -0.3 is 35.2 Å². The molecule has 2 fully saturated rings. The van der Waals surface area contributed by atoms with Crippen LogP contribution in [0.5, 0.6) is 0 Å². The molecular formula is C16H21N2O8+. The number of carboxylic acids is 1. The minimum atomic E-state index is -2.80. The average Bonchev–Trinajstić information content (AvgIpc) is 2.95. The third-order valence-corrected chi connectivity index (χ3v) is 4.64. The van der Waals surface area contributed by atoms with Crippen LogP contribution in [0, 0.1) is 0 Å². The van der Waals surface area contributed by atoms with Crippen molar-refractivity contribution in [1.82, 2.24) is 4.90 Å². The summed E-state index contributed by atoms with van der Waals surface area (Å²) >= 11 is 0. The highest BCUT2D eigenvalue weighted by Crippen LogP contribution is 2.31. The number of aliphatic hydroxyl groups is 4. The average molecular weight is 372 g/mol. The zero-order chi connectivity index (χ0) is 21.7. The lowest BCUT2D eigenvalue weighted by Gasteiger charge is -2.35. The Hall–Kier alpha value is -2.11. The summed E-state index contributed by atoms with van der Waals surface area (Å²) in [5.41, 5.74) is 0.289. The number of aromatic nitrogens is 1. The van der Waals surface area contributed by atoms with Crippen molar-refractivity contribution in [1.29, 1.82) is 0 Å². The largest absolute Gasteiger partial charge is 0.479 e. The molecule has 10 heteroatoms. The smallest absolute Gasteiger partial charge is 0.335 e. The number of hydrogen-bond donors (Lipinski definition) is 5. The number of nitrogens with zero attached hydrogens (tertiary/aromatic N) is 2. The summed E-state index contributed by atoms with van der Waals surface area (Å²) in [6, 6.07) is 1.95. The molecule has 2 saturated heterocycles. The molecule has 1 amide bonds. The van der Waals surface area contributed by atoms with Crippen LogP contribution in [0.2, 0.25) is 0 Å². The second kappa shape index (κ2) is 6.89. The molecule has 5 unspecified atom stereocenters. The number of pyridine rings is 1. The number of ether oxygens (including phenoxy) is 1. The van der Waals surface area contributed by atoms with Crippen molar-refractivity contribution < 1.29 is 48.5 Å². The third kappa shape index (κ3) is 3.06. The number of carboxylic acid groups (broad SMARTS) is 1. The number of rotatable bonds is 3. The second-order valence-electron chi connectivity index (χ2n) is 6.32. The van der Waals surface area contributed by atoms with E-state index in [4.69, 9.17) is 14.0 Å². The SMILES string of the molecule is [2H]C([2H])([2H])N1C(=O)[C@H](O)C[C@H]1c1ccc[n+](C2OC(C(=O)O)C(O)C(O)C2O)c1. The number of hydrogen-bond acceptors (Lipinski definition) is 7. The Bertz CT molecular complexity index is 807. The summed E-state index contributed by atoms with van der Waals surface area (Å²) in [4.78, 5) is 24.0. The molecule has 0 saturated carbocycles. The summed E-state index contributed by atoms with van der Waals surface area (Å²) in [7, 11) is 0. The molecule has 3 heterocycles. The van der Waals surface area contributed by atoms with E-state index in [0.29, 0.717) is 4.90 Å². The standard InChI is InChI=1S/C16H20N2O8/c1-17-8(5-9(19)14(17)23)7-3-2-4-18(6-7)15-12(22)10(20)11(21)13(26-15)16(24)25/h2-4,6,8-13,15,19-22H,5H2,1H3/p+1/t8-,9+,10?,11?,12?,13?,15?/m0/s1/i1D3. The van der Waals surface area contributed by atoms with Crippen molar-refractivity contribution in [3.63, 3.8) is 0 Å². The first kappa shape index (κ1) is 15.0. The number of carbonyl (C=O) groups is 2. The van der Waals surface area contributed by atoms with Gasteiger partial charge in [0.15, 0.2) is 24.6 Å². The molecule has 1 aromatic heterocycles. The first-order chi connectivity index (χ1) is 13.4. The molecule has 3 rings (SSSR count). The van der Waals surface area contributed by atoms with Crippen LogP contribution in [-0.4, -0.2) is 79.8 Å². The lowest BCUT2D eigenvalue weighted by atomic mass is 9.97. The van der Waals surface area contributed by atoms with Gasteiger partial charge in [-0.05, 0) is 6.07 Å². The van der Waals surface area contributed by atoms with Crippen LogP contribution in [0.3, 0.4) is 0 Å². The monoisotopic (exact) mass is 372 g/mol. The van der Waals surface area contributed by atoms with E-state index in [1.165, 1.54) is 29.1 Å². The highest BCUT2D eigenvalue weighted by atomic mass is 16.6. The minimum Gasteiger partial charge on any atom is -0.479 e. The van der Waals surface area contributed by atoms with Crippen molar-refractivity contribution in [2.24, 2.45) is 0 Å². The molecule has 26 heavy (non-hydrogen) atoms. The predicted octanol–water partition coefficient (Wildman–Crippen LogP) is -2.70. The molecular weight excluding hydrogens is 348 g/mol. The van der Waals surface area contributed by atoms with E-state index in [9.17, 15) is 30.0 Å². The molecule has 0 spiro atoms. The van der Waals surface area contributed by atoms with Crippen LogP contribution in [0.25, 0.3) is 0 Å². The van der Waals surface area contributed by atoms with E-state index in [1.807, 2.05) is 0 Å². The van der Waals surface area contributed by atoms with Gasteiger partial charge in [-0.15, -0.1) is 0 Å². The Labute approximate surface area is 152 Å². The molecule has 5 N–H and O–H groups in total. The number of carbonyl (C=O) groups excluding carboxylic acids is 1. The molecule has 142 valence electrons. The quantitative estimate of drug-likeness (QED) is 0.360. The van der Waals surface area contributed by atoms with E-state index < -0.39 is 61.6 Å². The van der Waals surface area contributed by atoms with Gasteiger partial charge in [0.2, 0.25) is 0 Å². The fraction of sp³-hybridized carbons (Fsp3) is 0.562. The molecule has 0 aromatic carbocycles. The fourth-order valence-electron chi connectivity index (χ4n) is 3.20. The Morgan fingerprint density at radius 3 is 2.69 bits per heavy atom. The zero-order valence-electron chi connectivity index (χ0n) is 16.4. The van der Waals surface area contributed by atoms with Gasteiger partial charge in [-0.3, -0.25) is 4.79 Å². The Balaban J connectivity index is 1.95. The highest BCUT2D eigenvalue weighted by molar-refractivity contribution is 5.83. The normalized spacial score (nSPS) is 40.0. The van der Waals surface area contributed by atoms with Gasteiger partial charge >= 0.3 is 5.97 Å². The lowest BCUT2D eigenvalue weighted by molar-refractivity contribution is -0.777. The molecule has 0 bridgehead atoms. The van der Waals surface area contributed by atoms with Crippen LogP contribution < -0.4 is 4.57 Å². The molecule has 1 aromatic rings. The van der Waals surface area contributed by atoms with Gasteiger partial charge in [0.05, 0.1) is 6.04 Å². The number of likely N-dealkylation sites (N-methyl/N-ethyl adjacent to an activating group) is 1. The van der Waals surface area contributed by atoms with Crippen molar-refractivity contribution in [3.8, 4) is 0 Å². The zero-order valence-corrected chi connectivity index (χ0v) is 13.4. The number of amides is 1. The van der Waals surface area contributed by atoms with Crippen LogP contribution in [0.1, 0.15) is 28.4 Å². The summed E-state index contributed by atoms with van der Waals surface area (Å²) in [5, 5.41) is 49.0. The summed E-state index contributed by atoms with van der Waals surface area (Å²) in [6.45, 7) is -2.80. The van der Waals surface area contributed by atoms with Crippen molar-refractivity contribution in [2.45, 2.75) is 49.2 Å². The molecule has 2 aliphatic rings. The van der Waals surface area contributed by atoms with Crippen molar-refractivity contribution >= 4 is 11.9 Å². The van der Waals surface area contributed by atoms with E-state index in [0.717, 1.165) is 0 Å². The van der Waals surface area contributed by atoms with E-state index >= 15 is 0 Å². The Kier molecular flexibility index (Phi) is 3.98. The number of aliphatic carboxylic acids is 1. The van der Waals surface area contributed by atoms with Gasteiger partial charge in [0, 0.05) is 29.1 Å². The Morgan fingerprint density at radius 1 is 1.31 bits per heavy atom. The van der Waals surface area contributed by atoms with Gasteiger partial charge in [0.25, 0.3) is 12.1 Å². The molecule has 7 atom stereocenters. The minimum absolute atomic E-state index is 0.172. The third-order valence-electron chi connectivity index (χ3n) is 4.64. The maximum Gasteiger partial charge on any atom is 0.335 e. The van der Waals surface area contributed by atoms with Crippen molar-refractivity contribution in [3.05, 3.63) is 30.1 Å². The molecule has 0 radical (unpaired) electrons. The maximum absolute atomic E-state index is 12.1. The maximum atomic E-state index is 12.1. The van der Waals surface area contributed by atoms with E-state index in [1.54, 1.807) is 0 Å². The number of likely N-dealkylation sites (tertiary alicyclic amines) is 1. The number of aliphatic hydroxyl groups excluding tert-OH is 4. The Morgan fingerprint density at radius 2 is 2.04 bits per heavy atom. The van der Waals surface area contributed by atoms with Gasteiger partial charge in [-0.2, -0.15) is 4.57 Å². The van der Waals surface area contributed by atoms with E-state index in [2.05, 4.69) is 0 Å². The fourth-order valence-corrected chi connectivity index (χ4v) is 3.20. The van der Waals surface area contributed by atoms with E-state index in [-0.39, 0.29) is 12.0 Å². The first-order valence-corrected chi connectivity index (χ1v) is 7.88.